The maximum atomic E-state index is 6.32. The number of pyridine rings is 2. The smallest absolute Gasteiger partial charge is 0.291 e. The fourth-order valence-corrected chi connectivity index (χ4v) is 4.27. The number of hydrogen-bond donors (Lipinski definition) is 1. The number of aliphatic imine (C=N–C) groups is 1. The molecule has 6 rings (SSSR count). The number of ether oxygens (including phenoxy) is 1. The second kappa shape index (κ2) is 5.81. The third-order valence-electron chi connectivity index (χ3n) is 5.60. The quantitative estimate of drug-likeness (QED) is 0.913. The fraction of sp³-hybridized carbons (Fsp3) is 0.421. The van der Waals surface area contributed by atoms with Crippen molar-refractivity contribution in [2.45, 2.75) is 18.4 Å². The predicted molar refractivity (Wildman–Crippen MR) is 96.4 cm³/mol. The van der Waals surface area contributed by atoms with E-state index in [-0.39, 0.29) is 5.60 Å². The zero-order valence-corrected chi connectivity index (χ0v) is 14.1. The summed E-state index contributed by atoms with van der Waals surface area (Å²) in [5.41, 5.74) is 2.01. The molecule has 0 aromatic carbocycles. The molecule has 1 spiro atoms. The summed E-state index contributed by atoms with van der Waals surface area (Å²) in [6.07, 6.45) is 7.86. The second-order valence-electron chi connectivity index (χ2n) is 7.14. The third-order valence-corrected chi connectivity index (χ3v) is 5.60. The van der Waals surface area contributed by atoms with Crippen LogP contribution in [0, 0.1) is 5.92 Å². The van der Waals surface area contributed by atoms with Crippen molar-refractivity contribution in [3.8, 4) is 11.1 Å². The van der Waals surface area contributed by atoms with Gasteiger partial charge in [-0.05, 0) is 49.7 Å². The van der Waals surface area contributed by atoms with Gasteiger partial charge < -0.3 is 4.74 Å². The van der Waals surface area contributed by atoms with Gasteiger partial charge in [0.05, 0.1) is 6.54 Å². The molecular formula is C19H21N5O. The number of fused-ring (bicyclic) bond motifs is 2. The average molecular weight is 335 g/mol. The van der Waals surface area contributed by atoms with Crippen molar-refractivity contribution in [2.75, 3.05) is 31.5 Å². The van der Waals surface area contributed by atoms with Crippen LogP contribution in [-0.4, -0.2) is 52.7 Å². The van der Waals surface area contributed by atoms with E-state index in [1.54, 1.807) is 12.4 Å². The van der Waals surface area contributed by atoms with E-state index in [2.05, 4.69) is 25.2 Å². The van der Waals surface area contributed by atoms with E-state index in [0.29, 0.717) is 11.9 Å². The van der Waals surface area contributed by atoms with E-state index in [4.69, 9.17) is 4.74 Å². The van der Waals surface area contributed by atoms with Gasteiger partial charge in [0, 0.05) is 36.6 Å². The average Bonchev–Trinajstić information content (AvgIpc) is 3.05. The Bertz CT molecular complexity index is 800. The van der Waals surface area contributed by atoms with Crippen LogP contribution in [0.4, 0.5) is 5.82 Å². The monoisotopic (exact) mass is 335 g/mol. The Hall–Kier alpha value is -2.47. The van der Waals surface area contributed by atoms with Gasteiger partial charge in [0.15, 0.2) is 0 Å². The SMILES string of the molecule is c1cncc(-c2ccnc(NC3=NCC4(CN5CCC4CC5)O3)c2)c1. The number of nitrogens with zero attached hydrogens (tertiary/aromatic N) is 4. The van der Waals surface area contributed by atoms with Gasteiger partial charge in [-0.2, -0.15) is 0 Å². The van der Waals surface area contributed by atoms with Crippen molar-refractivity contribution in [3.63, 3.8) is 0 Å². The molecule has 6 heteroatoms. The predicted octanol–water partition coefficient (Wildman–Crippen LogP) is 2.41. The summed E-state index contributed by atoms with van der Waals surface area (Å²) in [6, 6.07) is 8.56. The molecule has 1 N–H and O–H groups in total. The summed E-state index contributed by atoms with van der Waals surface area (Å²) in [7, 11) is 0. The number of rotatable bonds is 2. The van der Waals surface area contributed by atoms with Crippen molar-refractivity contribution < 1.29 is 4.74 Å². The van der Waals surface area contributed by atoms with Crippen LogP contribution in [0.25, 0.3) is 11.1 Å². The van der Waals surface area contributed by atoms with Crippen LogP contribution in [-0.2, 0) is 4.74 Å². The van der Waals surface area contributed by atoms with Gasteiger partial charge in [-0.3, -0.25) is 15.2 Å². The third kappa shape index (κ3) is 2.66. The van der Waals surface area contributed by atoms with Crippen LogP contribution in [0.15, 0.2) is 47.8 Å². The van der Waals surface area contributed by atoms with Crippen molar-refractivity contribution in [1.82, 2.24) is 14.9 Å². The molecule has 25 heavy (non-hydrogen) atoms. The maximum absolute atomic E-state index is 6.32. The number of hydrogen-bond acceptors (Lipinski definition) is 6. The van der Waals surface area contributed by atoms with Gasteiger partial charge in [0.25, 0.3) is 6.02 Å². The largest absolute Gasteiger partial charge is 0.455 e. The summed E-state index contributed by atoms with van der Waals surface area (Å²) in [4.78, 5) is 15.7. The van der Waals surface area contributed by atoms with E-state index < -0.39 is 0 Å². The topological polar surface area (TPSA) is 62.6 Å². The molecule has 3 fully saturated rings. The molecule has 6 heterocycles. The van der Waals surface area contributed by atoms with Gasteiger partial charge >= 0.3 is 0 Å². The first-order chi connectivity index (χ1) is 12.3. The first-order valence-electron chi connectivity index (χ1n) is 8.90. The van der Waals surface area contributed by atoms with Crippen LogP contribution in [0.3, 0.4) is 0 Å². The van der Waals surface area contributed by atoms with Crippen LogP contribution in [0.1, 0.15) is 12.8 Å². The van der Waals surface area contributed by atoms with Crippen LogP contribution < -0.4 is 5.32 Å². The minimum Gasteiger partial charge on any atom is -0.455 e. The van der Waals surface area contributed by atoms with E-state index in [1.807, 2.05) is 30.5 Å². The highest BCUT2D eigenvalue weighted by atomic mass is 16.5. The van der Waals surface area contributed by atoms with Gasteiger partial charge in [-0.1, -0.05) is 6.07 Å². The highest BCUT2D eigenvalue weighted by molar-refractivity contribution is 5.90. The maximum Gasteiger partial charge on any atom is 0.291 e. The molecule has 4 aliphatic heterocycles. The molecule has 1 atom stereocenters. The lowest BCUT2D eigenvalue weighted by molar-refractivity contribution is -0.0829. The number of nitrogens with one attached hydrogen (secondary N) is 1. The molecule has 0 amide bonds. The molecule has 3 saturated heterocycles. The van der Waals surface area contributed by atoms with Crippen molar-refractivity contribution in [3.05, 3.63) is 42.9 Å². The van der Waals surface area contributed by atoms with E-state index >= 15 is 0 Å². The van der Waals surface area contributed by atoms with Gasteiger partial charge in [-0.25, -0.2) is 9.98 Å². The van der Waals surface area contributed by atoms with Crippen LogP contribution in [0.2, 0.25) is 0 Å². The lowest BCUT2D eigenvalue weighted by Gasteiger charge is -2.50. The lowest BCUT2D eigenvalue weighted by atomic mass is 9.75. The summed E-state index contributed by atoms with van der Waals surface area (Å²) in [5, 5.41) is 3.26. The molecule has 4 aliphatic rings. The summed E-state index contributed by atoms with van der Waals surface area (Å²) >= 11 is 0. The van der Waals surface area contributed by atoms with Crippen molar-refractivity contribution in [1.29, 1.82) is 0 Å². The Morgan fingerprint density at radius 1 is 1.16 bits per heavy atom. The number of piperidine rings is 3. The molecule has 0 aliphatic carbocycles. The van der Waals surface area contributed by atoms with Crippen LogP contribution >= 0.6 is 0 Å². The molecule has 6 nitrogen and oxygen atoms in total. The summed E-state index contributed by atoms with van der Waals surface area (Å²) in [5.74, 6) is 1.37. The zero-order valence-electron chi connectivity index (χ0n) is 14.1. The molecule has 1 unspecified atom stereocenters. The van der Waals surface area contributed by atoms with Gasteiger partial charge in [0.2, 0.25) is 0 Å². The standard InChI is InChI=1S/C19H21N5O/c1-2-15(11-20-6-1)14-3-7-21-17(10-14)23-18-22-12-19(25-18)13-24-8-4-16(19)5-9-24/h1-3,6-7,10-11,16H,4-5,8-9,12-13H2,(H,21,22,23). The van der Waals surface area contributed by atoms with E-state index in [1.165, 1.54) is 25.9 Å². The summed E-state index contributed by atoms with van der Waals surface area (Å²) < 4.78 is 6.32. The Kier molecular flexibility index (Phi) is 3.45. The highest BCUT2D eigenvalue weighted by Crippen LogP contribution is 2.40. The minimum absolute atomic E-state index is 0.125. The molecule has 0 radical (unpaired) electrons. The molecule has 2 aromatic heterocycles. The number of anilines is 1. The van der Waals surface area contributed by atoms with E-state index in [0.717, 1.165) is 30.0 Å². The Labute approximate surface area is 147 Å². The van der Waals surface area contributed by atoms with Crippen molar-refractivity contribution in [2.24, 2.45) is 10.9 Å². The van der Waals surface area contributed by atoms with Crippen LogP contribution in [0.5, 0.6) is 0 Å². The molecule has 0 saturated carbocycles. The van der Waals surface area contributed by atoms with Gasteiger partial charge in [-0.15, -0.1) is 0 Å². The first kappa shape index (κ1) is 14.8. The molecular weight excluding hydrogens is 314 g/mol. The summed E-state index contributed by atoms with van der Waals surface area (Å²) in [6.45, 7) is 4.15. The number of amidine groups is 1. The molecule has 128 valence electrons. The highest BCUT2D eigenvalue weighted by Gasteiger charge is 2.51. The molecule has 2 bridgehead atoms. The second-order valence-corrected chi connectivity index (χ2v) is 7.14. The lowest BCUT2D eigenvalue weighted by Crippen LogP contribution is -2.61. The fourth-order valence-electron chi connectivity index (χ4n) is 4.27. The normalized spacial score (nSPS) is 30.2. The first-order valence-corrected chi connectivity index (χ1v) is 8.90. The minimum atomic E-state index is -0.125. The Morgan fingerprint density at radius 2 is 2.08 bits per heavy atom. The Morgan fingerprint density at radius 3 is 2.84 bits per heavy atom. The van der Waals surface area contributed by atoms with Crippen molar-refractivity contribution >= 4 is 11.8 Å². The Balaban J connectivity index is 1.32. The zero-order chi connectivity index (χ0) is 16.7. The number of aromatic nitrogens is 2. The van der Waals surface area contributed by atoms with E-state index in [9.17, 15) is 0 Å². The molecule has 2 aromatic rings. The van der Waals surface area contributed by atoms with Gasteiger partial charge in [0.1, 0.15) is 11.4 Å².